The first-order valence-corrected chi connectivity index (χ1v) is 3.08. The highest BCUT2D eigenvalue weighted by Crippen LogP contribution is 1.97. The van der Waals surface area contributed by atoms with Crippen LogP contribution in [0.1, 0.15) is 0 Å². The van der Waals surface area contributed by atoms with E-state index in [4.69, 9.17) is 0 Å². The van der Waals surface area contributed by atoms with Gasteiger partial charge in [0.15, 0.2) is 0 Å². The average molecular weight is 131 g/mol. The van der Waals surface area contributed by atoms with Gasteiger partial charge in [0.1, 0.15) is 0 Å². The highest BCUT2D eigenvalue weighted by atomic mass is 15.1. The fourth-order valence-electron chi connectivity index (χ4n) is 0.668. The zero-order valence-electron chi connectivity index (χ0n) is 5.70. The molecule has 0 bridgehead atoms. The Labute approximate surface area is 61.0 Å². The molecule has 1 aliphatic rings. The van der Waals surface area contributed by atoms with Crippen LogP contribution in [0.25, 0.3) is 0 Å². The van der Waals surface area contributed by atoms with Crippen molar-refractivity contribution in [2.24, 2.45) is 0 Å². The summed E-state index contributed by atoms with van der Waals surface area (Å²) in [5.41, 5.74) is 2.69. The van der Waals surface area contributed by atoms with Gasteiger partial charge < -0.3 is 4.90 Å². The third-order valence-electron chi connectivity index (χ3n) is 1.09. The third-order valence-corrected chi connectivity index (χ3v) is 1.09. The summed E-state index contributed by atoms with van der Waals surface area (Å²) in [5, 5.41) is 0. The second-order valence-electron chi connectivity index (χ2n) is 1.85. The number of allylic oxidation sites excluding steroid dienone is 4. The van der Waals surface area contributed by atoms with Gasteiger partial charge in [-0.25, -0.2) is 0 Å². The smallest absolute Gasteiger partial charge is 0.0499 e. The van der Waals surface area contributed by atoms with Crippen molar-refractivity contribution in [3.63, 3.8) is 0 Å². The van der Waals surface area contributed by atoms with Gasteiger partial charge >= 0.3 is 0 Å². The van der Waals surface area contributed by atoms with Crippen molar-refractivity contribution in [2.75, 3.05) is 0 Å². The van der Waals surface area contributed by atoms with Crippen molar-refractivity contribution in [1.82, 2.24) is 4.90 Å². The highest BCUT2D eigenvalue weighted by Gasteiger charge is 1.84. The van der Waals surface area contributed by atoms with Gasteiger partial charge in [-0.3, -0.25) is 0 Å². The monoisotopic (exact) mass is 131 g/mol. The number of nitrogens with zero attached hydrogens (tertiary/aromatic N) is 1. The lowest BCUT2D eigenvalue weighted by Gasteiger charge is -2.03. The Balaban J connectivity index is 2.72. The number of hydrogen-bond acceptors (Lipinski definition) is 1. The van der Waals surface area contributed by atoms with E-state index in [1.165, 1.54) is 0 Å². The Morgan fingerprint density at radius 1 is 1.10 bits per heavy atom. The van der Waals surface area contributed by atoms with Gasteiger partial charge in [0.05, 0.1) is 0 Å². The first-order chi connectivity index (χ1) is 4.93. The molecule has 0 aromatic carbocycles. The summed E-state index contributed by atoms with van der Waals surface area (Å²) in [6.45, 7) is 3.47. The van der Waals surface area contributed by atoms with E-state index in [0.29, 0.717) is 0 Å². The van der Waals surface area contributed by atoms with Gasteiger partial charge in [-0.05, 0) is 12.2 Å². The molecule has 1 aliphatic heterocycles. The summed E-state index contributed by atoms with van der Waals surface area (Å²) in [4.78, 5) is 1.88. The maximum Gasteiger partial charge on any atom is 0.0499 e. The number of hydrogen-bond donors (Lipinski definition) is 0. The minimum Gasteiger partial charge on any atom is -0.323 e. The van der Waals surface area contributed by atoms with Gasteiger partial charge in [-0.2, -0.15) is 0 Å². The van der Waals surface area contributed by atoms with Crippen LogP contribution >= 0.6 is 0 Å². The van der Waals surface area contributed by atoms with Gasteiger partial charge in [0, 0.05) is 18.6 Å². The summed E-state index contributed by atoms with van der Waals surface area (Å²) in [6.07, 6.45) is 13.5. The molecule has 0 aromatic rings. The fraction of sp³-hybridized carbons (Fsp3) is 0. The summed E-state index contributed by atoms with van der Waals surface area (Å²) < 4.78 is 0. The molecule has 0 saturated heterocycles. The lowest BCUT2D eigenvalue weighted by Crippen LogP contribution is -1.95. The van der Waals surface area contributed by atoms with E-state index in [0.717, 1.165) is 0 Å². The summed E-state index contributed by atoms with van der Waals surface area (Å²) >= 11 is 0. The van der Waals surface area contributed by atoms with Crippen LogP contribution in [0, 0.1) is 0 Å². The maximum atomic E-state index is 3.47. The van der Waals surface area contributed by atoms with E-state index in [1.54, 1.807) is 6.20 Å². The second kappa shape index (κ2) is 3.54. The van der Waals surface area contributed by atoms with Gasteiger partial charge in [-0.15, -0.1) is 5.73 Å². The predicted molar refractivity (Wildman–Crippen MR) is 43.0 cm³/mol. The molecule has 0 radical (unpaired) electrons. The largest absolute Gasteiger partial charge is 0.323 e. The first kappa shape index (κ1) is 6.66. The third kappa shape index (κ3) is 1.81. The molecule has 0 unspecified atom stereocenters. The van der Waals surface area contributed by atoms with Crippen LogP contribution in [0.15, 0.2) is 55.2 Å². The first-order valence-electron chi connectivity index (χ1n) is 3.08. The lowest BCUT2D eigenvalue weighted by molar-refractivity contribution is 0.696. The van der Waals surface area contributed by atoms with Crippen LogP contribution in [0.5, 0.6) is 0 Å². The standard InChI is InChI=1S/C9H9N/c1-2-7-10-8-5-3-4-6-9-10/h3-9H,1H2. The average Bonchev–Trinajstić information content (AvgIpc) is 2.17. The molecule has 0 aliphatic carbocycles. The fourth-order valence-corrected chi connectivity index (χ4v) is 0.668. The quantitative estimate of drug-likeness (QED) is 0.493. The summed E-state index contributed by atoms with van der Waals surface area (Å²) in [7, 11) is 0. The zero-order chi connectivity index (χ0) is 7.23. The zero-order valence-corrected chi connectivity index (χ0v) is 5.70. The van der Waals surface area contributed by atoms with E-state index < -0.39 is 0 Å². The molecule has 1 heterocycles. The van der Waals surface area contributed by atoms with Crippen LogP contribution < -0.4 is 0 Å². The van der Waals surface area contributed by atoms with Gasteiger partial charge in [0.2, 0.25) is 0 Å². The number of rotatable bonds is 1. The molecular weight excluding hydrogens is 122 g/mol. The van der Waals surface area contributed by atoms with Crippen molar-refractivity contribution in [3.8, 4) is 0 Å². The Kier molecular flexibility index (Phi) is 2.36. The lowest BCUT2D eigenvalue weighted by atomic mass is 10.5. The van der Waals surface area contributed by atoms with E-state index >= 15 is 0 Å². The molecule has 0 N–H and O–H groups in total. The SMILES string of the molecule is C=C=CN1C=CC=CC=C1. The molecule has 0 spiro atoms. The van der Waals surface area contributed by atoms with E-state index in [-0.39, 0.29) is 0 Å². The van der Waals surface area contributed by atoms with E-state index in [1.807, 2.05) is 41.6 Å². The Morgan fingerprint density at radius 2 is 1.70 bits per heavy atom. The molecule has 1 nitrogen and oxygen atoms in total. The Hall–Kier alpha value is -1.46. The highest BCUT2D eigenvalue weighted by molar-refractivity contribution is 5.17. The Bertz CT molecular complexity index is 211. The van der Waals surface area contributed by atoms with Crippen LogP contribution in [-0.4, -0.2) is 4.90 Å². The van der Waals surface area contributed by atoms with Crippen molar-refractivity contribution in [2.45, 2.75) is 0 Å². The summed E-state index contributed by atoms with van der Waals surface area (Å²) in [5.74, 6) is 0. The second-order valence-corrected chi connectivity index (χ2v) is 1.85. The molecule has 1 rings (SSSR count). The van der Waals surface area contributed by atoms with Crippen LogP contribution in [0.2, 0.25) is 0 Å². The van der Waals surface area contributed by atoms with Crippen LogP contribution in [0.4, 0.5) is 0 Å². The molecule has 0 aromatic heterocycles. The Morgan fingerprint density at radius 3 is 2.20 bits per heavy atom. The maximum absolute atomic E-state index is 3.47. The summed E-state index contributed by atoms with van der Waals surface area (Å²) in [6, 6.07) is 0. The normalized spacial score (nSPS) is 14.6. The van der Waals surface area contributed by atoms with E-state index in [9.17, 15) is 0 Å². The molecular formula is C9H9N. The molecule has 0 amide bonds. The van der Waals surface area contributed by atoms with Crippen LogP contribution in [0.3, 0.4) is 0 Å². The predicted octanol–water partition coefficient (Wildman–Crippen LogP) is 2.18. The van der Waals surface area contributed by atoms with Crippen molar-refractivity contribution >= 4 is 0 Å². The molecule has 0 atom stereocenters. The molecule has 0 fully saturated rings. The van der Waals surface area contributed by atoms with Gasteiger partial charge in [-0.1, -0.05) is 18.7 Å². The van der Waals surface area contributed by atoms with Crippen LogP contribution in [-0.2, 0) is 0 Å². The van der Waals surface area contributed by atoms with Crippen molar-refractivity contribution in [3.05, 3.63) is 55.2 Å². The van der Waals surface area contributed by atoms with Gasteiger partial charge in [0.25, 0.3) is 0 Å². The minimum atomic E-state index is 1.76. The molecule has 0 saturated carbocycles. The topological polar surface area (TPSA) is 3.24 Å². The molecule has 10 heavy (non-hydrogen) atoms. The minimum absolute atomic E-state index is 1.76. The molecule has 1 heteroatoms. The van der Waals surface area contributed by atoms with Crippen molar-refractivity contribution < 1.29 is 0 Å². The molecule has 50 valence electrons. The van der Waals surface area contributed by atoms with E-state index in [2.05, 4.69) is 12.3 Å². The van der Waals surface area contributed by atoms with Crippen molar-refractivity contribution in [1.29, 1.82) is 0 Å².